The van der Waals surface area contributed by atoms with Crippen LogP contribution in [0.3, 0.4) is 0 Å². The SMILES string of the molecule is C=C(/C=C\C(=C/C)C(=O)O)OC(C)=O. The number of carboxylic acid groups (broad SMARTS) is 1. The maximum Gasteiger partial charge on any atom is 0.335 e. The number of ether oxygens (including phenoxy) is 1. The highest BCUT2D eigenvalue weighted by Gasteiger charge is 2.01. The number of rotatable bonds is 4. The summed E-state index contributed by atoms with van der Waals surface area (Å²) < 4.78 is 4.58. The molecular weight excluding hydrogens is 184 g/mol. The quantitative estimate of drug-likeness (QED) is 0.321. The van der Waals surface area contributed by atoms with E-state index in [0.717, 1.165) is 0 Å². The van der Waals surface area contributed by atoms with Gasteiger partial charge in [-0.1, -0.05) is 12.7 Å². The van der Waals surface area contributed by atoms with Crippen LogP contribution in [0, 0.1) is 0 Å². The Hall–Kier alpha value is -1.84. The van der Waals surface area contributed by atoms with Crippen molar-refractivity contribution in [2.45, 2.75) is 13.8 Å². The summed E-state index contributed by atoms with van der Waals surface area (Å²) in [4.78, 5) is 21.0. The van der Waals surface area contributed by atoms with Crippen molar-refractivity contribution in [2.24, 2.45) is 0 Å². The van der Waals surface area contributed by atoms with Gasteiger partial charge in [0.25, 0.3) is 0 Å². The molecule has 0 aromatic rings. The van der Waals surface area contributed by atoms with Crippen molar-refractivity contribution in [1.29, 1.82) is 0 Å². The summed E-state index contributed by atoms with van der Waals surface area (Å²) in [5, 5.41) is 8.61. The number of aliphatic carboxylic acids is 1. The van der Waals surface area contributed by atoms with Crippen molar-refractivity contribution >= 4 is 11.9 Å². The van der Waals surface area contributed by atoms with E-state index in [1.54, 1.807) is 6.92 Å². The van der Waals surface area contributed by atoms with E-state index in [0.29, 0.717) is 0 Å². The Morgan fingerprint density at radius 2 is 1.93 bits per heavy atom. The van der Waals surface area contributed by atoms with Gasteiger partial charge in [0.2, 0.25) is 0 Å². The zero-order valence-corrected chi connectivity index (χ0v) is 8.11. The Morgan fingerprint density at radius 1 is 1.36 bits per heavy atom. The van der Waals surface area contributed by atoms with Crippen LogP contribution in [0.1, 0.15) is 13.8 Å². The fourth-order valence-electron chi connectivity index (χ4n) is 0.692. The molecule has 4 nitrogen and oxygen atoms in total. The zero-order valence-electron chi connectivity index (χ0n) is 8.11. The first-order valence-electron chi connectivity index (χ1n) is 3.92. The molecule has 0 fully saturated rings. The molecule has 0 bridgehead atoms. The van der Waals surface area contributed by atoms with Crippen LogP contribution in [-0.2, 0) is 14.3 Å². The molecule has 0 aliphatic heterocycles. The normalized spacial score (nSPS) is 11.4. The van der Waals surface area contributed by atoms with Crippen molar-refractivity contribution in [3.05, 3.63) is 36.1 Å². The van der Waals surface area contributed by atoms with E-state index in [1.165, 1.54) is 25.2 Å². The molecule has 1 N–H and O–H groups in total. The molecule has 0 rings (SSSR count). The lowest BCUT2D eigenvalue weighted by Crippen LogP contribution is -1.98. The fourth-order valence-corrected chi connectivity index (χ4v) is 0.692. The minimum absolute atomic E-state index is 0.109. The number of allylic oxidation sites excluding steroid dienone is 2. The lowest BCUT2D eigenvalue weighted by Gasteiger charge is -1.98. The van der Waals surface area contributed by atoms with Crippen molar-refractivity contribution in [3.63, 3.8) is 0 Å². The van der Waals surface area contributed by atoms with Crippen LogP contribution in [-0.4, -0.2) is 17.0 Å². The van der Waals surface area contributed by atoms with E-state index in [-0.39, 0.29) is 11.3 Å². The highest BCUT2D eigenvalue weighted by Crippen LogP contribution is 2.02. The van der Waals surface area contributed by atoms with Crippen LogP contribution in [0.4, 0.5) is 0 Å². The molecule has 0 amide bonds. The van der Waals surface area contributed by atoms with Crippen LogP contribution >= 0.6 is 0 Å². The molecule has 0 unspecified atom stereocenters. The van der Waals surface area contributed by atoms with E-state index in [2.05, 4.69) is 11.3 Å². The van der Waals surface area contributed by atoms with Gasteiger partial charge < -0.3 is 9.84 Å². The molecule has 4 heteroatoms. The molecule has 0 aliphatic carbocycles. The summed E-state index contributed by atoms with van der Waals surface area (Å²) in [5.41, 5.74) is 0.110. The summed E-state index contributed by atoms with van der Waals surface area (Å²) in [7, 11) is 0. The third kappa shape index (κ3) is 4.92. The third-order valence-electron chi connectivity index (χ3n) is 1.28. The molecule has 0 radical (unpaired) electrons. The molecule has 0 aromatic heterocycles. The fraction of sp³-hybridized carbons (Fsp3) is 0.200. The summed E-state index contributed by atoms with van der Waals surface area (Å²) in [5.74, 6) is -1.42. The van der Waals surface area contributed by atoms with E-state index in [4.69, 9.17) is 5.11 Å². The van der Waals surface area contributed by atoms with Crippen LogP contribution in [0.2, 0.25) is 0 Å². The number of hydrogen-bond donors (Lipinski definition) is 1. The second-order valence-electron chi connectivity index (χ2n) is 2.44. The second-order valence-corrected chi connectivity index (χ2v) is 2.44. The van der Waals surface area contributed by atoms with Gasteiger partial charge in [-0.3, -0.25) is 4.79 Å². The number of carboxylic acids is 1. The van der Waals surface area contributed by atoms with Crippen molar-refractivity contribution in [3.8, 4) is 0 Å². The predicted molar refractivity (Wildman–Crippen MR) is 51.4 cm³/mol. The zero-order chi connectivity index (χ0) is 11.1. The van der Waals surface area contributed by atoms with Gasteiger partial charge in [0, 0.05) is 6.92 Å². The van der Waals surface area contributed by atoms with Gasteiger partial charge in [-0.15, -0.1) is 0 Å². The molecule has 0 heterocycles. The number of carbonyl (C=O) groups is 2. The monoisotopic (exact) mass is 196 g/mol. The van der Waals surface area contributed by atoms with Crippen LogP contribution in [0.15, 0.2) is 36.1 Å². The van der Waals surface area contributed by atoms with E-state index >= 15 is 0 Å². The topological polar surface area (TPSA) is 63.6 Å². The average Bonchev–Trinajstić information content (AvgIpc) is 2.03. The Balaban J connectivity index is 4.36. The first-order chi connectivity index (χ1) is 6.47. The van der Waals surface area contributed by atoms with Gasteiger partial charge in [0.15, 0.2) is 0 Å². The maximum absolute atomic E-state index is 10.5. The van der Waals surface area contributed by atoms with Gasteiger partial charge in [0.05, 0.1) is 5.57 Å². The van der Waals surface area contributed by atoms with Crippen molar-refractivity contribution in [1.82, 2.24) is 0 Å². The third-order valence-corrected chi connectivity index (χ3v) is 1.28. The molecule has 76 valence electrons. The van der Waals surface area contributed by atoms with Crippen LogP contribution in [0.5, 0.6) is 0 Å². The Labute approximate surface area is 82.2 Å². The number of esters is 1. The molecule has 14 heavy (non-hydrogen) atoms. The molecule has 0 saturated heterocycles. The van der Waals surface area contributed by atoms with Gasteiger partial charge in [0.1, 0.15) is 5.76 Å². The minimum Gasteiger partial charge on any atom is -0.478 e. The highest BCUT2D eigenvalue weighted by molar-refractivity contribution is 5.89. The lowest BCUT2D eigenvalue weighted by atomic mass is 10.2. The van der Waals surface area contributed by atoms with Gasteiger partial charge >= 0.3 is 11.9 Å². The number of hydrogen-bond acceptors (Lipinski definition) is 3. The summed E-state index contributed by atoms with van der Waals surface area (Å²) in [6.45, 7) is 6.25. The highest BCUT2D eigenvalue weighted by atomic mass is 16.5. The van der Waals surface area contributed by atoms with Crippen molar-refractivity contribution in [2.75, 3.05) is 0 Å². The van der Waals surface area contributed by atoms with E-state index in [9.17, 15) is 9.59 Å². The van der Waals surface area contributed by atoms with Crippen molar-refractivity contribution < 1.29 is 19.4 Å². The van der Waals surface area contributed by atoms with Crippen LogP contribution in [0.25, 0.3) is 0 Å². The lowest BCUT2D eigenvalue weighted by molar-refractivity contribution is -0.136. The average molecular weight is 196 g/mol. The maximum atomic E-state index is 10.5. The largest absolute Gasteiger partial charge is 0.478 e. The van der Waals surface area contributed by atoms with E-state index < -0.39 is 11.9 Å². The summed E-state index contributed by atoms with van der Waals surface area (Å²) >= 11 is 0. The Bertz CT molecular complexity index is 310. The van der Waals surface area contributed by atoms with Crippen LogP contribution < -0.4 is 0 Å². The first kappa shape index (κ1) is 12.2. The molecule has 0 saturated carbocycles. The first-order valence-corrected chi connectivity index (χ1v) is 3.92. The smallest absolute Gasteiger partial charge is 0.335 e. The summed E-state index contributed by atoms with van der Waals surface area (Å²) in [6, 6.07) is 0. The predicted octanol–water partition coefficient (Wildman–Crippen LogP) is 1.65. The van der Waals surface area contributed by atoms with E-state index in [1.807, 2.05) is 0 Å². The Kier molecular flexibility index (Phi) is 4.99. The minimum atomic E-state index is -1.04. The van der Waals surface area contributed by atoms with Gasteiger partial charge in [-0.25, -0.2) is 4.79 Å². The molecule has 0 aliphatic rings. The second kappa shape index (κ2) is 5.75. The molecule has 0 spiro atoms. The van der Waals surface area contributed by atoms with Gasteiger partial charge in [-0.2, -0.15) is 0 Å². The standard InChI is InChI=1S/C10H12O4/c1-4-9(10(12)13)6-5-7(2)14-8(3)11/h4-6H,2H2,1,3H3,(H,12,13)/b6-5-,9-4+. The summed E-state index contributed by atoms with van der Waals surface area (Å²) in [6.07, 6.45) is 4.07. The Morgan fingerprint density at radius 3 is 2.29 bits per heavy atom. The molecule has 0 atom stereocenters. The molecule has 0 aromatic carbocycles. The van der Waals surface area contributed by atoms with Gasteiger partial charge in [-0.05, 0) is 19.1 Å². The molecular formula is C10H12O4. The number of carbonyl (C=O) groups excluding carboxylic acids is 1.